The molecule has 0 nitrogen and oxygen atoms in total. The fraction of sp³-hybridized carbons (Fsp3) is 0.407. The van der Waals surface area contributed by atoms with Crippen molar-refractivity contribution >= 4 is 20.1 Å². The minimum absolute atomic E-state index is 0. The van der Waals surface area contributed by atoms with Gasteiger partial charge in [-0.1, -0.05) is 0 Å². The van der Waals surface area contributed by atoms with Crippen LogP contribution >= 0.6 is 7.92 Å². The second-order valence-corrected chi connectivity index (χ2v) is 18.0. The molecule has 0 radical (unpaired) electrons. The van der Waals surface area contributed by atoms with Crippen LogP contribution in [0.5, 0.6) is 0 Å². The standard InChI is InChI=1S/C17H24P.C10H9.2ClH.Zr/c1-16(2,3)18(17(4,5)6)15-11-13-9-7-8-10-14(13)12-15;1-8-6-9-4-2-3-5-10(9)7-8;;;/h7-12H,1-6H3;2-7H,1H3;2*1H;/q;;;;+2/p-2. The van der Waals surface area contributed by atoms with Gasteiger partial charge in [0.25, 0.3) is 0 Å². The first kappa shape index (κ1) is 27.1. The van der Waals surface area contributed by atoms with Crippen molar-refractivity contribution < 1.29 is 48.0 Å². The second kappa shape index (κ2) is 9.97. The van der Waals surface area contributed by atoms with Crippen molar-refractivity contribution in [1.29, 1.82) is 0 Å². The average molecular weight is 551 g/mol. The van der Waals surface area contributed by atoms with E-state index in [1.807, 2.05) is 0 Å². The number of allylic oxidation sites excluding steroid dienone is 2. The van der Waals surface area contributed by atoms with Gasteiger partial charge in [-0.25, -0.2) is 0 Å². The number of rotatable bonds is 3. The zero-order chi connectivity index (χ0) is 21.0. The Hall–Kier alpha value is -0.187. The van der Waals surface area contributed by atoms with Gasteiger partial charge in [0.05, 0.1) is 0 Å². The summed E-state index contributed by atoms with van der Waals surface area (Å²) < 4.78 is 1.39. The van der Waals surface area contributed by atoms with Gasteiger partial charge in [0.15, 0.2) is 0 Å². The molecule has 4 heteroatoms. The molecule has 2 aliphatic carbocycles. The van der Waals surface area contributed by atoms with E-state index in [4.69, 9.17) is 0 Å². The molecule has 31 heavy (non-hydrogen) atoms. The predicted octanol–water partition coefficient (Wildman–Crippen LogP) is 2.41. The normalized spacial score (nSPS) is 19.5. The van der Waals surface area contributed by atoms with Gasteiger partial charge >= 0.3 is 191 Å². The molecule has 0 bridgehead atoms. The predicted molar refractivity (Wildman–Crippen MR) is 126 cm³/mol. The summed E-state index contributed by atoms with van der Waals surface area (Å²) in [5, 5.41) is 2.42. The molecule has 0 aromatic heterocycles. The molecular weight excluding hydrogens is 517 g/mol. The summed E-state index contributed by atoms with van der Waals surface area (Å²) in [5.41, 5.74) is 7.75. The van der Waals surface area contributed by atoms with E-state index >= 15 is 0 Å². The smallest absolute Gasteiger partial charge is 1.00 e. The Labute approximate surface area is 214 Å². The van der Waals surface area contributed by atoms with Crippen molar-refractivity contribution in [2.75, 3.05) is 0 Å². The molecule has 164 valence electrons. The van der Waals surface area contributed by atoms with Crippen LogP contribution in [0.15, 0.2) is 59.4 Å². The third-order valence-corrected chi connectivity index (χ3v) is 15.2. The van der Waals surface area contributed by atoms with Gasteiger partial charge in [-0.05, 0) is 0 Å². The maximum Gasteiger partial charge on any atom is -1.00 e. The van der Waals surface area contributed by atoms with Crippen LogP contribution < -0.4 is 24.8 Å². The largest absolute Gasteiger partial charge is 1.00 e. The quantitative estimate of drug-likeness (QED) is 0.516. The molecule has 2 aromatic carbocycles. The third-order valence-electron chi connectivity index (χ3n) is 5.98. The first-order valence-corrected chi connectivity index (χ1v) is 14.9. The van der Waals surface area contributed by atoms with Gasteiger partial charge in [0.1, 0.15) is 0 Å². The fourth-order valence-electron chi connectivity index (χ4n) is 5.32. The van der Waals surface area contributed by atoms with Crippen LogP contribution in [0.1, 0.15) is 78.0 Å². The van der Waals surface area contributed by atoms with Crippen LogP contribution in [0.3, 0.4) is 0 Å². The molecule has 0 spiro atoms. The second-order valence-electron chi connectivity index (χ2n) is 10.4. The number of benzene rings is 2. The Bertz CT molecular complexity index is 981. The van der Waals surface area contributed by atoms with Crippen molar-refractivity contribution in [1.82, 2.24) is 0 Å². The van der Waals surface area contributed by atoms with E-state index in [1.165, 1.54) is 11.1 Å². The van der Waals surface area contributed by atoms with Crippen molar-refractivity contribution in [3.8, 4) is 0 Å². The zero-order valence-electron chi connectivity index (χ0n) is 19.6. The molecule has 2 aromatic rings. The summed E-state index contributed by atoms with van der Waals surface area (Å²) in [4.78, 5) is 0. The van der Waals surface area contributed by atoms with Crippen LogP contribution in [-0.4, -0.2) is 10.3 Å². The minimum atomic E-state index is -0.789. The Morgan fingerprint density at radius 3 is 1.65 bits per heavy atom. The van der Waals surface area contributed by atoms with E-state index in [1.54, 1.807) is 22.0 Å². The number of hydrogen-bond acceptors (Lipinski definition) is 0. The molecule has 4 rings (SSSR count). The molecule has 0 aliphatic heterocycles. The topological polar surface area (TPSA) is 0 Å². The van der Waals surface area contributed by atoms with Crippen molar-refractivity contribution in [3.63, 3.8) is 0 Å². The van der Waals surface area contributed by atoms with Crippen molar-refractivity contribution in [3.05, 3.63) is 81.7 Å². The Morgan fingerprint density at radius 2 is 1.13 bits per heavy atom. The van der Waals surface area contributed by atoms with Crippen LogP contribution in [0, 0.1) is 0 Å². The molecule has 0 saturated heterocycles. The Kier molecular flexibility index (Phi) is 8.71. The van der Waals surface area contributed by atoms with Crippen LogP contribution in [0.2, 0.25) is 0 Å². The van der Waals surface area contributed by atoms with Gasteiger partial charge in [-0.15, -0.1) is 0 Å². The van der Waals surface area contributed by atoms with E-state index in [9.17, 15) is 0 Å². The molecule has 0 N–H and O–H groups in total. The monoisotopic (exact) mass is 548 g/mol. The molecule has 0 saturated carbocycles. The number of halogens is 2. The van der Waals surface area contributed by atoms with Crippen LogP contribution in [0.4, 0.5) is 0 Å². The van der Waals surface area contributed by atoms with Gasteiger partial charge in [0.2, 0.25) is 0 Å². The Balaban J connectivity index is 0.00000171. The molecule has 2 aliphatic rings. The maximum atomic E-state index is 2.60. The summed E-state index contributed by atoms with van der Waals surface area (Å²) in [6.07, 6.45) is 5.05. The summed E-state index contributed by atoms with van der Waals surface area (Å²) in [7, 11) is -0.247. The Morgan fingerprint density at radius 1 is 0.677 bits per heavy atom. The zero-order valence-corrected chi connectivity index (χ0v) is 24.5. The first-order valence-electron chi connectivity index (χ1n) is 10.7. The first-order chi connectivity index (χ1) is 13.6. The molecule has 2 unspecified atom stereocenters. The van der Waals surface area contributed by atoms with Crippen molar-refractivity contribution in [2.24, 2.45) is 0 Å². The van der Waals surface area contributed by atoms with Crippen LogP contribution in [0.25, 0.3) is 12.2 Å². The van der Waals surface area contributed by atoms with Gasteiger partial charge in [0, 0.05) is 0 Å². The van der Waals surface area contributed by atoms with E-state index in [0.717, 1.165) is 0 Å². The van der Waals surface area contributed by atoms with Crippen LogP contribution in [-0.2, 0) is 23.2 Å². The molecular formula is C27H33Cl2PZr. The third kappa shape index (κ3) is 5.32. The number of hydrogen-bond donors (Lipinski definition) is 0. The molecule has 0 fully saturated rings. The van der Waals surface area contributed by atoms with E-state index in [0.29, 0.717) is 17.6 Å². The fourth-order valence-corrected chi connectivity index (χ4v) is 15.4. The van der Waals surface area contributed by atoms with E-state index < -0.39 is 23.2 Å². The van der Waals surface area contributed by atoms with Gasteiger partial charge < -0.3 is 24.8 Å². The summed E-state index contributed by atoms with van der Waals surface area (Å²) in [6.45, 7) is 17.2. The molecule has 0 amide bonds. The average Bonchev–Trinajstić information content (AvgIpc) is 3.11. The summed E-state index contributed by atoms with van der Waals surface area (Å²) in [5.74, 6) is 0. The van der Waals surface area contributed by atoms with Crippen molar-refractivity contribution in [2.45, 2.75) is 66.0 Å². The number of fused-ring (bicyclic) bond motifs is 2. The minimum Gasteiger partial charge on any atom is -1.00 e. The summed E-state index contributed by atoms with van der Waals surface area (Å²) >= 11 is -0.789. The van der Waals surface area contributed by atoms with E-state index in [2.05, 4.69) is 109 Å². The maximum absolute atomic E-state index is 2.60. The van der Waals surface area contributed by atoms with Gasteiger partial charge in [-0.2, -0.15) is 0 Å². The molecule has 0 heterocycles. The van der Waals surface area contributed by atoms with Gasteiger partial charge in [-0.3, -0.25) is 0 Å². The molecule has 2 atom stereocenters. The SMILES string of the molecule is CC1=Cc2ccccc2[CH]1[Zr+2][CH]1C(P(C(C)(C)C)C(C)(C)C)=Cc2ccccc21.[Cl-].[Cl-]. The van der Waals surface area contributed by atoms with E-state index in [-0.39, 0.29) is 32.7 Å². The summed E-state index contributed by atoms with van der Waals surface area (Å²) in [6, 6.07) is 18.3.